The third-order valence-corrected chi connectivity index (χ3v) is 13.0. The Bertz CT molecular complexity index is 3760. The monoisotopic (exact) mass is 787 g/mol. The van der Waals surface area contributed by atoms with E-state index in [-0.39, 0.29) is 0 Å². The van der Waals surface area contributed by atoms with Gasteiger partial charge in [-0.05, 0) is 137 Å². The molecule has 0 fully saturated rings. The number of hydrogen-bond acceptors (Lipinski definition) is 2. The van der Waals surface area contributed by atoms with Crippen LogP contribution in [0.25, 0.3) is 110 Å². The standard InChI is InChI=1S/C60H37NO/c1-2-17-49-38(10-1)24-25-45-34-43(28-32-50(45)49)41-13-5-15-47(35-41)61(46-30-26-39(27-31-46)51-19-9-22-56-53-18-3-4-23-58(53)62-60(51)56)48-16-6-14-42(36-48)44-29-33-52-54-20-7-11-40-12-8-21-55(59(40)54)57(52)37-44/h1-37H. The minimum Gasteiger partial charge on any atom is -0.455 e. The fourth-order valence-corrected chi connectivity index (χ4v) is 10.0. The zero-order chi connectivity index (χ0) is 40.7. The van der Waals surface area contributed by atoms with Crippen molar-refractivity contribution in [2.75, 3.05) is 4.90 Å². The molecule has 0 bridgehead atoms. The molecular formula is C60H37NO. The predicted molar refractivity (Wildman–Crippen MR) is 262 cm³/mol. The summed E-state index contributed by atoms with van der Waals surface area (Å²) in [7, 11) is 0. The predicted octanol–water partition coefficient (Wildman–Crippen LogP) is 17.2. The summed E-state index contributed by atoms with van der Waals surface area (Å²) in [4.78, 5) is 2.39. The van der Waals surface area contributed by atoms with E-state index in [2.05, 4.69) is 217 Å². The van der Waals surface area contributed by atoms with Gasteiger partial charge in [-0.2, -0.15) is 0 Å². The molecule has 0 spiro atoms. The first-order valence-corrected chi connectivity index (χ1v) is 21.3. The molecule has 1 heterocycles. The number of benzene rings is 11. The minimum absolute atomic E-state index is 0.905. The van der Waals surface area contributed by atoms with Gasteiger partial charge in [0, 0.05) is 33.4 Å². The summed E-state index contributed by atoms with van der Waals surface area (Å²) in [5.74, 6) is 0. The lowest BCUT2D eigenvalue weighted by Gasteiger charge is -2.27. The van der Waals surface area contributed by atoms with Crippen LogP contribution >= 0.6 is 0 Å². The van der Waals surface area contributed by atoms with Crippen molar-refractivity contribution in [3.05, 3.63) is 224 Å². The average Bonchev–Trinajstić information content (AvgIpc) is 3.88. The highest BCUT2D eigenvalue weighted by atomic mass is 16.3. The van der Waals surface area contributed by atoms with Gasteiger partial charge in [-0.3, -0.25) is 0 Å². The molecular weight excluding hydrogens is 751 g/mol. The Hall–Kier alpha value is -8.20. The maximum absolute atomic E-state index is 6.46. The third-order valence-electron chi connectivity index (χ3n) is 13.0. The van der Waals surface area contributed by atoms with Crippen molar-refractivity contribution >= 4 is 71.3 Å². The lowest BCUT2D eigenvalue weighted by atomic mass is 9.96. The molecule has 11 aromatic carbocycles. The van der Waals surface area contributed by atoms with E-state index < -0.39 is 0 Å². The van der Waals surface area contributed by atoms with Gasteiger partial charge in [-0.25, -0.2) is 0 Å². The van der Waals surface area contributed by atoms with Crippen molar-refractivity contribution < 1.29 is 4.42 Å². The van der Waals surface area contributed by atoms with Crippen molar-refractivity contribution in [2.24, 2.45) is 0 Å². The molecule has 1 aliphatic rings. The largest absolute Gasteiger partial charge is 0.455 e. The van der Waals surface area contributed by atoms with E-state index in [1.807, 2.05) is 12.1 Å². The highest BCUT2D eigenvalue weighted by molar-refractivity contribution is 6.16. The molecule has 0 radical (unpaired) electrons. The third kappa shape index (κ3) is 5.44. The Labute approximate surface area is 359 Å². The molecule has 288 valence electrons. The number of anilines is 3. The van der Waals surface area contributed by atoms with Crippen LogP contribution in [0.15, 0.2) is 229 Å². The highest BCUT2D eigenvalue weighted by Crippen LogP contribution is 2.49. The van der Waals surface area contributed by atoms with E-state index in [0.717, 1.165) is 50.1 Å². The first-order chi connectivity index (χ1) is 30.7. The van der Waals surface area contributed by atoms with Gasteiger partial charge >= 0.3 is 0 Å². The molecule has 12 aromatic rings. The SMILES string of the molecule is c1cc(-c2ccc3c(c2)-c2cccc4cccc-3c24)cc(N(c2ccc(-c3cccc4c3oc3ccccc34)cc2)c2cccc(-c3ccc4c(ccc5ccccc54)c3)c2)c1. The lowest BCUT2D eigenvalue weighted by molar-refractivity contribution is 0.670. The van der Waals surface area contributed by atoms with Gasteiger partial charge in [-0.1, -0.05) is 170 Å². The smallest absolute Gasteiger partial charge is 0.143 e. The van der Waals surface area contributed by atoms with Crippen molar-refractivity contribution in [3.8, 4) is 55.6 Å². The first-order valence-electron chi connectivity index (χ1n) is 21.3. The van der Waals surface area contributed by atoms with Crippen LogP contribution < -0.4 is 4.90 Å². The molecule has 0 unspecified atom stereocenters. The molecule has 2 heteroatoms. The van der Waals surface area contributed by atoms with E-state index >= 15 is 0 Å². The maximum atomic E-state index is 6.46. The van der Waals surface area contributed by atoms with Gasteiger partial charge in [0.25, 0.3) is 0 Å². The van der Waals surface area contributed by atoms with Crippen LogP contribution in [0.1, 0.15) is 0 Å². The highest BCUT2D eigenvalue weighted by Gasteiger charge is 2.22. The Kier molecular flexibility index (Phi) is 7.64. The van der Waals surface area contributed by atoms with Crippen molar-refractivity contribution in [2.45, 2.75) is 0 Å². The van der Waals surface area contributed by atoms with Crippen molar-refractivity contribution in [1.82, 2.24) is 0 Å². The Balaban J connectivity index is 0.934. The van der Waals surface area contributed by atoms with Crippen LogP contribution in [-0.4, -0.2) is 0 Å². The second kappa shape index (κ2) is 13.7. The Morgan fingerprint density at radius 1 is 0.274 bits per heavy atom. The summed E-state index contributed by atoms with van der Waals surface area (Å²) in [5, 5.41) is 9.95. The van der Waals surface area contributed by atoms with Crippen LogP contribution in [0, 0.1) is 0 Å². The van der Waals surface area contributed by atoms with E-state index in [1.165, 1.54) is 76.8 Å². The number of furan rings is 1. The van der Waals surface area contributed by atoms with Crippen molar-refractivity contribution in [1.29, 1.82) is 0 Å². The first kappa shape index (κ1) is 34.6. The van der Waals surface area contributed by atoms with Gasteiger partial charge in [0.05, 0.1) is 0 Å². The quantitative estimate of drug-likeness (QED) is 0.156. The number of para-hydroxylation sites is 2. The second-order valence-corrected chi connectivity index (χ2v) is 16.5. The molecule has 2 nitrogen and oxygen atoms in total. The van der Waals surface area contributed by atoms with Gasteiger partial charge in [-0.15, -0.1) is 0 Å². The molecule has 0 N–H and O–H groups in total. The zero-order valence-corrected chi connectivity index (χ0v) is 33.7. The summed E-state index contributed by atoms with van der Waals surface area (Å²) in [6, 6.07) is 81.8. The summed E-state index contributed by atoms with van der Waals surface area (Å²) in [6.07, 6.45) is 0. The van der Waals surface area contributed by atoms with Crippen LogP contribution in [-0.2, 0) is 0 Å². The summed E-state index contributed by atoms with van der Waals surface area (Å²) >= 11 is 0. The second-order valence-electron chi connectivity index (χ2n) is 16.5. The van der Waals surface area contributed by atoms with E-state index in [4.69, 9.17) is 4.42 Å². The summed E-state index contributed by atoms with van der Waals surface area (Å²) < 4.78 is 6.46. The number of hydrogen-bond donors (Lipinski definition) is 0. The molecule has 13 rings (SSSR count). The number of fused-ring (bicyclic) bond motifs is 9. The van der Waals surface area contributed by atoms with Gasteiger partial charge < -0.3 is 9.32 Å². The molecule has 0 atom stereocenters. The molecule has 62 heavy (non-hydrogen) atoms. The van der Waals surface area contributed by atoms with E-state index in [0.29, 0.717) is 0 Å². The maximum Gasteiger partial charge on any atom is 0.143 e. The minimum atomic E-state index is 0.905. The van der Waals surface area contributed by atoms with E-state index in [1.54, 1.807) is 0 Å². The molecule has 1 aromatic heterocycles. The van der Waals surface area contributed by atoms with Gasteiger partial charge in [0.2, 0.25) is 0 Å². The van der Waals surface area contributed by atoms with Crippen LogP contribution in [0.2, 0.25) is 0 Å². The Morgan fingerprint density at radius 2 is 0.839 bits per heavy atom. The lowest BCUT2D eigenvalue weighted by Crippen LogP contribution is -2.10. The summed E-state index contributed by atoms with van der Waals surface area (Å²) in [6.45, 7) is 0. The number of nitrogens with zero attached hydrogens (tertiary/aromatic N) is 1. The normalized spacial score (nSPS) is 11.9. The summed E-state index contributed by atoms with van der Waals surface area (Å²) in [5.41, 5.74) is 17.2. The van der Waals surface area contributed by atoms with Gasteiger partial charge in [0.1, 0.15) is 11.2 Å². The molecule has 0 aliphatic heterocycles. The van der Waals surface area contributed by atoms with Crippen molar-refractivity contribution in [3.63, 3.8) is 0 Å². The fourth-order valence-electron chi connectivity index (χ4n) is 10.0. The Morgan fingerprint density at radius 3 is 1.65 bits per heavy atom. The van der Waals surface area contributed by atoms with Crippen LogP contribution in [0.5, 0.6) is 0 Å². The molecule has 0 saturated carbocycles. The zero-order valence-electron chi connectivity index (χ0n) is 33.7. The van der Waals surface area contributed by atoms with Crippen LogP contribution in [0.4, 0.5) is 17.1 Å². The topological polar surface area (TPSA) is 16.4 Å². The molecule has 0 saturated heterocycles. The average molecular weight is 788 g/mol. The van der Waals surface area contributed by atoms with Crippen LogP contribution in [0.3, 0.4) is 0 Å². The fraction of sp³-hybridized carbons (Fsp3) is 0. The van der Waals surface area contributed by atoms with E-state index in [9.17, 15) is 0 Å². The van der Waals surface area contributed by atoms with Gasteiger partial charge in [0.15, 0.2) is 0 Å². The molecule has 1 aliphatic carbocycles. The molecule has 0 amide bonds. The number of rotatable bonds is 6.